The Balaban J connectivity index is 2.14. The van der Waals surface area contributed by atoms with Crippen molar-refractivity contribution in [2.45, 2.75) is 12.8 Å². The molecular weight excluding hydrogens is 358 g/mol. The van der Waals surface area contributed by atoms with Crippen molar-refractivity contribution in [3.8, 4) is 0 Å². The minimum absolute atomic E-state index is 0.172. The fraction of sp³-hybridized carbons (Fsp3) is 0.190. The molecule has 1 aromatic heterocycles. The predicted octanol–water partition coefficient (Wildman–Crippen LogP) is 2.96. The molecular formula is C21H23N3O4. The number of ether oxygens (including phenoxy) is 2. The van der Waals surface area contributed by atoms with Gasteiger partial charge in [0.15, 0.2) is 0 Å². The molecule has 2 rings (SSSR count). The summed E-state index contributed by atoms with van der Waals surface area (Å²) in [5.74, 6) is -1.68. The fourth-order valence-electron chi connectivity index (χ4n) is 2.28. The van der Waals surface area contributed by atoms with E-state index >= 15 is 0 Å². The highest BCUT2D eigenvalue weighted by molar-refractivity contribution is 5.88. The van der Waals surface area contributed by atoms with E-state index in [0.29, 0.717) is 5.69 Å². The van der Waals surface area contributed by atoms with Gasteiger partial charge in [-0.25, -0.2) is 4.79 Å². The van der Waals surface area contributed by atoms with E-state index in [2.05, 4.69) is 15.6 Å². The molecule has 0 aliphatic carbocycles. The minimum Gasteiger partial charge on any atom is -0.465 e. The lowest BCUT2D eigenvalue weighted by Gasteiger charge is -2.12. The summed E-state index contributed by atoms with van der Waals surface area (Å²) in [6, 6.07) is 14.7. The van der Waals surface area contributed by atoms with E-state index in [-0.39, 0.29) is 12.3 Å². The summed E-state index contributed by atoms with van der Waals surface area (Å²) < 4.78 is 9.89. The zero-order valence-electron chi connectivity index (χ0n) is 15.8. The monoisotopic (exact) mass is 381 g/mol. The van der Waals surface area contributed by atoms with E-state index in [9.17, 15) is 9.59 Å². The van der Waals surface area contributed by atoms with Crippen molar-refractivity contribution in [3.05, 3.63) is 84.6 Å². The van der Waals surface area contributed by atoms with Crippen LogP contribution in [0.5, 0.6) is 0 Å². The molecule has 1 atom stereocenters. The number of pyridine rings is 1. The molecule has 2 N–H and O–H groups in total. The summed E-state index contributed by atoms with van der Waals surface area (Å²) in [5, 5.41) is 5.86. The quantitative estimate of drug-likeness (QED) is 0.510. The average molecular weight is 381 g/mol. The number of benzene rings is 1. The summed E-state index contributed by atoms with van der Waals surface area (Å²) in [6.07, 6.45) is 6.17. The number of nitrogens with one attached hydrogen (secondary N) is 2. The fourth-order valence-corrected chi connectivity index (χ4v) is 2.28. The van der Waals surface area contributed by atoms with Gasteiger partial charge >= 0.3 is 11.9 Å². The van der Waals surface area contributed by atoms with Gasteiger partial charge in [0.25, 0.3) is 0 Å². The lowest BCUT2D eigenvalue weighted by molar-refractivity contribution is -0.143. The van der Waals surface area contributed by atoms with E-state index in [1.54, 1.807) is 37.4 Å². The molecule has 0 spiro atoms. The number of carbonyl (C=O) groups excluding carboxylic acids is 2. The van der Waals surface area contributed by atoms with Crippen molar-refractivity contribution in [1.29, 1.82) is 0 Å². The maximum Gasteiger partial charge on any atom is 0.355 e. The largest absolute Gasteiger partial charge is 0.465 e. The molecule has 1 aromatic carbocycles. The summed E-state index contributed by atoms with van der Waals surface area (Å²) in [7, 11) is 1.29. The lowest BCUT2D eigenvalue weighted by Crippen LogP contribution is -2.20. The molecule has 7 nitrogen and oxygen atoms in total. The van der Waals surface area contributed by atoms with Crippen LogP contribution >= 0.6 is 0 Å². The molecule has 1 heterocycles. The summed E-state index contributed by atoms with van der Waals surface area (Å²) in [5.41, 5.74) is 1.53. The highest BCUT2D eigenvalue weighted by Crippen LogP contribution is 2.16. The van der Waals surface area contributed by atoms with Crippen LogP contribution in [-0.2, 0) is 19.1 Å². The normalized spacial score (nSPS) is 12.3. The van der Waals surface area contributed by atoms with Crippen molar-refractivity contribution in [2.24, 2.45) is 0 Å². The number of aromatic nitrogens is 1. The number of carbonyl (C=O) groups is 2. The predicted molar refractivity (Wildman–Crippen MR) is 106 cm³/mol. The third-order valence-corrected chi connectivity index (χ3v) is 3.64. The highest BCUT2D eigenvalue weighted by atomic mass is 16.5. The van der Waals surface area contributed by atoms with Crippen molar-refractivity contribution in [2.75, 3.05) is 19.0 Å². The van der Waals surface area contributed by atoms with Crippen LogP contribution in [0, 0.1) is 0 Å². The molecule has 0 aliphatic heterocycles. The first kappa shape index (κ1) is 20.7. The Morgan fingerprint density at radius 1 is 1.14 bits per heavy atom. The molecule has 28 heavy (non-hydrogen) atoms. The number of nitrogens with zero attached hydrogens (tertiary/aromatic N) is 1. The van der Waals surface area contributed by atoms with Gasteiger partial charge in [-0.2, -0.15) is 0 Å². The van der Waals surface area contributed by atoms with Crippen LogP contribution in [0.2, 0.25) is 0 Å². The minimum atomic E-state index is -0.699. The Bertz CT molecular complexity index is 820. The van der Waals surface area contributed by atoms with Crippen LogP contribution in [0.15, 0.2) is 78.9 Å². The van der Waals surface area contributed by atoms with E-state index in [4.69, 9.17) is 9.47 Å². The van der Waals surface area contributed by atoms with Crippen molar-refractivity contribution >= 4 is 17.6 Å². The molecule has 0 saturated heterocycles. The van der Waals surface area contributed by atoms with Gasteiger partial charge in [0.1, 0.15) is 11.6 Å². The molecule has 0 saturated carbocycles. The number of esters is 2. The topological polar surface area (TPSA) is 89.6 Å². The molecule has 0 aliphatic rings. The lowest BCUT2D eigenvalue weighted by atomic mass is 10.1. The van der Waals surface area contributed by atoms with Gasteiger partial charge in [-0.15, -0.1) is 0 Å². The number of para-hydroxylation sites is 1. The maximum absolute atomic E-state index is 12.3. The second kappa shape index (κ2) is 11.2. The van der Waals surface area contributed by atoms with Crippen LogP contribution in [0.4, 0.5) is 5.69 Å². The van der Waals surface area contributed by atoms with Crippen LogP contribution in [0.3, 0.4) is 0 Å². The SMILES string of the molecule is CCOC(=O)C(/C=C/N/C(=C/Nc1ccccc1)C(=O)OC)c1ccccn1. The maximum atomic E-state index is 12.3. The molecule has 2 aromatic rings. The van der Waals surface area contributed by atoms with Gasteiger partial charge in [-0.05, 0) is 43.5 Å². The number of methoxy groups -OCH3 is 1. The first-order valence-corrected chi connectivity index (χ1v) is 8.76. The van der Waals surface area contributed by atoms with Gasteiger partial charge in [0, 0.05) is 18.1 Å². The first-order valence-electron chi connectivity index (χ1n) is 8.76. The standard InChI is InChI=1S/C21H23N3O4/c1-3-28-20(25)17(18-11-7-8-13-22-18)12-14-23-19(21(26)27-2)15-24-16-9-5-4-6-10-16/h4-15,17,23-24H,3H2,1-2H3/b14-12+,19-15+. The molecule has 0 bridgehead atoms. The highest BCUT2D eigenvalue weighted by Gasteiger charge is 2.20. The van der Waals surface area contributed by atoms with Gasteiger partial charge in [-0.3, -0.25) is 9.78 Å². The summed E-state index contributed by atoms with van der Waals surface area (Å²) in [4.78, 5) is 28.5. The molecule has 0 amide bonds. The van der Waals surface area contributed by atoms with Crippen LogP contribution in [-0.4, -0.2) is 30.6 Å². The number of rotatable bonds is 9. The Morgan fingerprint density at radius 3 is 2.54 bits per heavy atom. The Kier molecular flexibility index (Phi) is 8.26. The zero-order chi connectivity index (χ0) is 20.2. The molecule has 0 fully saturated rings. The van der Waals surface area contributed by atoms with E-state index in [0.717, 1.165) is 5.69 Å². The molecule has 1 unspecified atom stereocenters. The van der Waals surface area contributed by atoms with Crippen molar-refractivity contribution in [3.63, 3.8) is 0 Å². The Morgan fingerprint density at radius 2 is 1.89 bits per heavy atom. The first-order chi connectivity index (χ1) is 13.7. The van der Waals surface area contributed by atoms with Gasteiger partial charge in [0.05, 0.1) is 19.4 Å². The summed E-state index contributed by atoms with van der Waals surface area (Å²) in [6.45, 7) is 2.00. The average Bonchev–Trinajstić information content (AvgIpc) is 2.74. The van der Waals surface area contributed by atoms with E-state index in [1.165, 1.54) is 19.5 Å². The second-order valence-electron chi connectivity index (χ2n) is 5.55. The van der Waals surface area contributed by atoms with Crippen LogP contribution in [0.25, 0.3) is 0 Å². The third kappa shape index (κ3) is 6.28. The number of hydrogen-bond acceptors (Lipinski definition) is 7. The van der Waals surface area contributed by atoms with Gasteiger partial charge in [0.2, 0.25) is 0 Å². The smallest absolute Gasteiger partial charge is 0.355 e. The Hall–Kier alpha value is -3.61. The summed E-state index contributed by atoms with van der Waals surface area (Å²) >= 11 is 0. The molecule has 7 heteroatoms. The van der Waals surface area contributed by atoms with E-state index in [1.807, 2.05) is 30.3 Å². The van der Waals surface area contributed by atoms with Crippen LogP contribution in [0.1, 0.15) is 18.5 Å². The number of hydrogen-bond donors (Lipinski definition) is 2. The van der Waals surface area contributed by atoms with Gasteiger partial charge in [-0.1, -0.05) is 24.3 Å². The third-order valence-electron chi connectivity index (χ3n) is 3.64. The zero-order valence-corrected chi connectivity index (χ0v) is 15.8. The Labute approximate surface area is 164 Å². The molecule has 0 radical (unpaired) electrons. The van der Waals surface area contributed by atoms with Gasteiger partial charge < -0.3 is 20.1 Å². The number of anilines is 1. The second-order valence-corrected chi connectivity index (χ2v) is 5.55. The van der Waals surface area contributed by atoms with E-state index < -0.39 is 17.9 Å². The van der Waals surface area contributed by atoms with Crippen molar-refractivity contribution in [1.82, 2.24) is 10.3 Å². The van der Waals surface area contributed by atoms with Crippen molar-refractivity contribution < 1.29 is 19.1 Å². The molecule has 146 valence electrons. The van der Waals surface area contributed by atoms with Crippen LogP contribution < -0.4 is 10.6 Å².